The number of nitrogens with one attached hydrogen (secondary N) is 1. The molecule has 4 unspecified atom stereocenters. The topological polar surface area (TPSA) is 56.8 Å². The molecule has 5 nitrogen and oxygen atoms in total. The number of rotatable bonds is 4. The lowest BCUT2D eigenvalue weighted by molar-refractivity contribution is -0.135. The van der Waals surface area contributed by atoms with E-state index in [1.807, 2.05) is 18.2 Å². The second kappa shape index (κ2) is 7.56. The highest BCUT2D eigenvalue weighted by molar-refractivity contribution is 5.82. The molecule has 0 aliphatic carbocycles. The van der Waals surface area contributed by atoms with Gasteiger partial charge in [-0.1, -0.05) is 24.3 Å². The van der Waals surface area contributed by atoms with E-state index in [1.165, 1.54) is 12.1 Å². The summed E-state index contributed by atoms with van der Waals surface area (Å²) in [6.45, 7) is 2.46. The molecule has 4 rings (SSSR count). The Balaban J connectivity index is 1.54. The predicted molar refractivity (Wildman–Crippen MR) is 97.2 cm³/mol. The van der Waals surface area contributed by atoms with Crippen molar-refractivity contribution in [2.45, 2.75) is 44.1 Å². The summed E-state index contributed by atoms with van der Waals surface area (Å²) in [6, 6.07) is 13.1. The van der Waals surface area contributed by atoms with Gasteiger partial charge in [-0.05, 0) is 49.6 Å². The molecular weight excluding hydrogens is 349 g/mol. The molecule has 2 aromatic carbocycles. The summed E-state index contributed by atoms with van der Waals surface area (Å²) in [4.78, 5) is 13.0. The number of benzene rings is 2. The van der Waals surface area contributed by atoms with Crippen LogP contribution in [0.1, 0.15) is 31.4 Å². The lowest BCUT2D eigenvalue weighted by Crippen LogP contribution is -2.51. The highest BCUT2D eigenvalue weighted by Crippen LogP contribution is 2.34. The molecule has 0 aromatic heterocycles. The summed E-state index contributed by atoms with van der Waals surface area (Å²) in [5.74, 6) is 0.585. The van der Waals surface area contributed by atoms with Crippen LogP contribution in [-0.4, -0.2) is 30.8 Å². The number of halogens is 1. The third-order valence-electron chi connectivity index (χ3n) is 4.96. The van der Waals surface area contributed by atoms with E-state index in [9.17, 15) is 9.18 Å². The Morgan fingerprint density at radius 3 is 2.48 bits per heavy atom. The highest BCUT2D eigenvalue weighted by Gasteiger charge is 2.37. The fourth-order valence-electron chi connectivity index (χ4n) is 3.57. The first-order valence-corrected chi connectivity index (χ1v) is 9.21. The van der Waals surface area contributed by atoms with E-state index in [4.69, 9.17) is 14.2 Å². The molecule has 4 atom stereocenters. The fraction of sp³-hybridized carbons (Fsp3) is 0.381. The Kier molecular flexibility index (Phi) is 4.99. The minimum atomic E-state index is -0.774. The molecule has 1 fully saturated rings. The fourth-order valence-corrected chi connectivity index (χ4v) is 3.57. The zero-order valence-electron chi connectivity index (χ0n) is 15.1. The maximum atomic E-state index is 13.3. The molecule has 2 aliphatic rings. The van der Waals surface area contributed by atoms with Gasteiger partial charge in [-0.2, -0.15) is 0 Å². The van der Waals surface area contributed by atoms with Gasteiger partial charge in [-0.15, -0.1) is 0 Å². The SMILES string of the molecule is CC1Oc2ccccc2OC1C(=O)NC(c1ccc(F)cc1)C1CCCO1. The molecule has 1 N–H and O–H groups in total. The Morgan fingerprint density at radius 2 is 1.81 bits per heavy atom. The van der Waals surface area contributed by atoms with Crippen LogP contribution in [0, 0.1) is 5.82 Å². The molecule has 1 amide bonds. The van der Waals surface area contributed by atoms with Crippen LogP contribution in [0.3, 0.4) is 0 Å². The summed E-state index contributed by atoms with van der Waals surface area (Å²) in [5.41, 5.74) is 0.807. The Morgan fingerprint density at radius 1 is 1.11 bits per heavy atom. The van der Waals surface area contributed by atoms with E-state index < -0.39 is 12.2 Å². The summed E-state index contributed by atoms with van der Waals surface area (Å²) in [5, 5.41) is 3.03. The molecule has 142 valence electrons. The Labute approximate surface area is 157 Å². The molecule has 2 aromatic rings. The molecule has 0 spiro atoms. The van der Waals surface area contributed by atoms with Crippen LogP contribution in [0.5, 0.6) is 11.5 Å². The van der Waals surface area contributed by atoms with Crippen molar-refractivity contribution in [2.75, 3.05) is 6.61 Å². The number of hydrogen-bond acceptors (Lipinski definition) is 4. The molecule has 2 aliphatic heterocycles. The van der Waals surface area contributed by atoms with Gasteiger partial charge in [-0.3, -0.25) is 4.79 Å². The van der Waals surface area contributed by atoms with Gasteiger partial charge >= 0.3 is 0 Å². The third kappa shape index (κ3) is 3.76. The first kappa shape index (κ1) is 17.8. The number of amides is 1. The van der Waals surface area contributed by atoms with E-state index in [-0.39, 0.29) is 23.9 Å². The number of carbonyl (C=O) groups is 1. The van der Waals surface area contributed by atoms with E-state index in [0.717, 1.165) is 18.4 Å². The summed E-state index contributed by atoms with van der Waals surface area (Å²) in [7, 11) is 0. The quantitative estimate of drug-likeness (QED) is 0.895. The van der Waals surface area contributed by atoms with Crippen LogP contribution in [0.2, 0.25) is 0 Å². The molecular formula is C21H22FNO4. The van der Waals surface area contributed by atoms with Gasteiger partial charge in [0, 0.05) is 6.61 Å². The second-order valence-corrected chi connectivity index (χ2v) is 6.90. The van der Waals surface area contributed by atoms with Crippen molar-refractivity contribution in [3.63, 3.8) is 0 Å². The summed E-state index contributed by atoms with van der Waals surface area (Å²) < 4.78 is 30.8. The maximum absolute atomic E-state index is 13.3. The lowest BCUT2D eigenvalue weighted by atomic mass is 9.98. The van der Waals surface area contributed by atoms with Crippen LogP contribution < -0.4 is 14.8 Å². The molecule has 6 heteroatoms. The van der Waals surface area contributed by atoms with Gasteiger partial charge in [0.05, 0.1) is 12.1 Å². The molecule has 0 radical (unpaired) electrons. The predicted octanol–water partition coefficient (Wildman–Crippen LogP) is 3.39. The van der Waals surface area contributed by atoms with Crippen LogP contribution in [0.4, 0.5) is 4.39 Å². The zero-order chi connectivity index (χ0) is 18.8. The molecule has 1 saturated heterocycles. The zero-order valence-corrected chi connectivity index (χ0v) is 15.1. The summed E-state index contributed by atoms with van der Waals surface area (Å²) >= 11 is 0. The van der Waals surface area contributed by atoms with Crippen molar-refractivity contribution < 1.29 is 23.4 Å². The van der Waals surface area contributed by atoms with Gasteiger partial charge < -0.3 is 19.5 Å². The molecule has 0 bridgehead atoms. The number of para-hydroxylation sites is 2. The lowest BCUT2D eigenvalue weighted by Gasteiger charge is -2.33. The van der Waals surface area contributed by atoms with Gasteiger partial charge in [-0.25, -0.2) is 4.39 Å². The van der Waals surface area contributed by atoms with Crippen LogP contribution in [-0.2, 0) is 9.53 Å². The molecule has 0 saturated carbocycles. The van der Waals surface area contributed by atoms with E-state index in [1.54, 1.807) is 25.1 Å². The second-order valence-electron chi connectivity index (χ2n) is 6.90. The average molecular weight is 371 g/mol. The van der Waals surface area contributed by atoms with Gasteiger partial charge in [0.2, 0.25) is 6.10 Å². The van der Waals surface area contributed by atoms with Gasteiger partial charge in [0.1, 0.15) is 11.9 Å². The highest BCUT2D eigenvalue weighted by atomic mass is 19.1. The first-order chi connectivity index (χ1) is 13.1. The van der Waals surface area contributed by atoms with E-state index in [0.29, 0.717) is 18.1 Å². The van der Waals surface area contributed by atoms with Crippen molar-refractivity contribution in [1.29, 1.82) is 0 Å². The monoisotopic (exact) mass is 371 g/mol. The minimum absolute atomic E-state index is 0.147. The standard InChI is InChI=1S/C21H22FNO4/c1-13-20(27-17-6-3-2-5-16(17)26-13)21(24)23-19(18-7-4-12-25-18)14-8-10-15(22)11-9-14/h2-3,5-6,8-11,13,18-20H,4,7,12H2,1H3,(H,23,24). The smallest absolute Gasteiger partial charge is 0.265 e. The Bertz CT molecular complexity index is 804. The Hall–Kier alpha value is -2.60. The number of carbonyl (C=O) groups excluding carboxylic acids is 1. The van der Waals surface area contributed by atoms with Crippen molar-refractivity contribution in [3.8, 4) is 11.5 Å². The number of hydrogen-bond donors (Lipinski definition) is 1. The van der Waals surface area contributed by atoms with Gasteiger partial charge in [0.15, 0.2) is 11.5 Å². The van der Waals surface area contributed by atoms with Crippen LogP contribution >= 0.6 is 0 Å². The third-order valence-corrected chi connectivity index (χ3v) is 4.96. The first-order valence-electron chi connectivity index (χ1n) is 9.21. The van der Waals surface area contributed by atoms with Crippen molar-refractivity contribution in [3.05, 3.63) is 59.9 Å². The van der Waals surface area contributed by atoms with Crippen molar-refractivity contribution in [1.82, 2.24) is 5.32 Å². The van der Waals surface area contributed by atoms with Crippen LogP contribution in [0.25, 0.3) is 0 Å². The van der Waals surface area contributed by atoms with Gasteiger partial charge in [0.25, 0.3) is 5.91 Å². The molecule has 2 heterocycles. The summed E-state index contributed by atoms with van der Waals surface area (Å²) in [6.07, 6.45) is 0.419. The minimum Gasteiger partial charge on any atom is -0.482 e. The van der Waals surface area contributed by atoms with E-state index in [2.05, 4.69) is 5.32 Å². The van der Waals surface area contributed by atoms with Crippen molar-refractivity contribution in [2.24, 2.45) is 0 Å². The van der Waals surface area contributed by atoms with Crippen LogP contribution in [0.15, 0.2) is 48.5 Å². The normalized spacial score (nSPS) is 25.0. The molecule has 27 heavy (non-hydrogen) atoms. The maximum Gasteiger partial charge on any atom is 0.265 e. The van der Waals surface area contributed by atoms with Crippen molar-refractivity contribution >= 4 is 5.91 Å². The average Bonchev–Trinajstić information content (AvgIpc) is 3.20. The largest absolute Gasteiger partial charge is 0.482 e. The number of ether oxygens (including phenoxy) is 3. The number of fused-ring (bicyclic) bond motifs is 1. The van der Waals surface area contributed by atoms with E-state index >= 15 is 0 Å².